The maximum atomic E-state index is 6.34. The Hall–Kier alpha value is -9.04. The Labute approximate surface area is 444 Å². The predicted molar refractivity (Wildman–Crippen MR) is 315 cm³/mol. The Morgan fingerprint density at radius 1 is 0.408 bits per heavy atom. The molecule has 0 fully saturated rings. The molecular weight excluding hydrogens is 917 g/mol. The summed E-state index contributed by atoms with van der Waals surface area (Å²) in [7, 11) is 0. The van der Waals surface area contributed by atoms with Gasteiger partial charge in [-0.25, -0.2) is 0 Å². The number of rotatable bonds is 5. The van der Waals surface area contributed by atoms with Crippen LogP contribution < -0.4 is 0 Å². The molecule has 4 aliphatic carbocycles. The van der Waals surface area contributed by atoms with Crippen molar-refractivity contribution >= 4 is 33.6 Å². The topological polar surface area (TPSA) is 13.1 Å². The third kappa shape index (κ3) is 6.03. The molecule has 0 aliphatic heterocycles. The first kappa shape index (κ1) is 43.4. The number of aryl methyl sites for hydroxylation is 1. The van der Waals surface area contributed by atoms with Crippen molar-refractivity contribution in [3.05, 3.63) is 309 Å². The van der Waals surface area contributed by atoms with Gasteiger partial charge in [-0.1, -0.05) is 232 Å². The van der Waals surface area contributed by atoms with Gasteiger partial charge < -0.3 is 4.42 Å². The van der Waals surface area contributed by atoms with Gasteiger partial charge in [0.2, 0.25) is 0 Å². The van der Waals surface area contributed by atoms with Crippen LogP contribution in [-0.4, -0.2) is 0 Å². The van der Waals surface area contributed by atoms with Crippen LogP contribution >= 0.6 is 0 Å². The first-order valence-electron chi connectivity index (χ1n) is 27.1. The molecule has 76 heavy (non-hydrogen) atoms. The molecule has 1 heterocycles. The molecule has 0 N–H and O–H groups in total. The van der Waals surface area contributed by atoms with Gasteiger partial charge in [-0.2, -0.15) is 0 Å². The molecule has 2 atom stereocenters. The Bertz CT molecular complexity index is 4440. The summed E-state index contributed by atoms with van der Waals surface area (Å²) in [5.74, 6) is 0.132. The van der Waals surface area contributed by atoms with Crippen LogP contribution in [0.2, 0.25) is 0 Å². The molecule has 0 saturated carbocycles. The Kier molecular flexibility index (Phi) is 9.26. The maximum absolute atomic E-state index is 6.34. The molecule has 4 aliphatic rings. The normalized spacial score (nSPS) is 17.1. The zero-order chi connectivity index (χ0) is 50.3. The van der Waals surface area contributed by atoms with Crippen molar-refractivity contribution in [2.24, 2.45) is 0 Å². The van der Waals surface area contributed by atoms with E-state index >= 15 is 0 Å². The first-order chi connectivity index (χ1) is 37.4. The highest BCUT2D eigenvalue weighted by atomic mass is 16.3. The van der Waals surface area contributed by atoms with E-state index in [-0.39, 0.29) is 11.3 Å². The van der Waals surface area contributed by atoms with Gasteiger partial charge in [0.15, 0.2) is 0 Å². The zero-order valence-electron chi connectivity index (χ0n) is 42.6. The molecule has 11 aromatic carbocycles. The zero-order valence-corrected chi connectivity index (χ0v) is 42.6. The largest absolute Gasteiger partial charge is 0.456 e. The van der Waals surface area contributed by atoms with Crippen molar-refractivity contribution in [1.29, 1.82) is 0 Å². The van der Waals surface area contributed by atoms with Crippen LogP contribution in [0.4, 0.5) is 0 Å². The fourth-order valence-corrected chi connectivity index (χ4v) is 14.7. The third-order valence-corrected chi connectivity index (χ3v) is 18.0. The Balaban J connectivity index is 0.891. The molecule has 1 spiro atoms. The summed E-state index contributed by atoms with van der Waals surface area (Å²) in [5.41, 5.74) is 31.7. The number of hydrogen-bond donors (Lipinski definition) is 0. The smallest absolute Gasteiger partial charge is 0.135 e. The van der Waals surface area contributed by atoms with E-state index in [2.05, 4.69) is 263 Å². The summed E-state index contributed by atoms with van der Waals surface area (Å²) in [6.07, 6.45) is 4.44. The number of furan rings is 1. The lowest BCUT2D eigenvalue weighted by molar-refractivity contribution is 0.660. The van der Waals surface area contributed by atoms with Crippen molar-refractivity contribution in [2.75, 3.05) is 0 Å². The van der Waals surface area contributed by atoms with Crippen LogP contribution in [0.1, 0.15) is 92.9 Å². The predicted octanol–water partition coefficient (Wildman–Crippen LogP) is 19.2. The lowest BCUT2D eigenvalue weighted by atomic mass is 9.70. The van der Waals surface area contributed by atoms with Gasteiger partial charge in [-0.05, 0) is 171 Å². The quantitative estimate of drug-likeness (QED) is 0.157. The fourth-order valence-electron chi connectivity index (χ4n) is 14.7. The molecule has 1 heteroatoms. The van der Waals surface area contributed by atoms with Gasteiger partial charge in [-0.3, -0.25) is 0 Å². The highest BCUT2D eigenvalue weighted by molar-refractivity contribution is 6.08. The van der Waals surface area contributed by atoms with E-state index in [0.717, 1.165) is 34.8 Å². The average Bonchev–Trinajstić information content (AvgIpc) is 4.26. The minimum Gasteiger partial charge on any atom is -0.456 e. The highest BCUT2D eigenvalue weighted by Gasteiger charge is 2.53. The van der Waals surface area contributed by atoms with Gasteiger partial charge in [0.1, 0.15) is 11.2 Å². The highest BCUT2D eigenvalue weighted by Crippen LogP contribution is 2.65. The fraction of sp³-hybridized carbons (Fsp3) is 0.0933. The van der Waals surface area contributed by atoms with Crippen molar-refractivity contribution in [3.8, 4) is 55.6 Å². The summed E-state index contributed by atoms with van der Waals surface area (Å²) < 4.78 is 6.34. The van der Waals surface area contributed by atoms with Crippen LogP contribution in [0.25, 0.3) is 89.2 Å². The summed E-state index contributed by atoms with van der Waals surface area (Å²) in [4.78, 5) is 0. The van der Waals surface area contributed by atoms with Gasteiger partial charge in [-0.15, -0.1) is 0 Å². The second-order valence-electron chi connectivity index (χ2n) is 22.1. The van der Waals surface area contributed by atoms with Gasteiger partial charge in [0, 0.05) is 22.1 Å². The van der Waals surface area contributed by atoms with Gasteiger partial charge >= 0.3 is 0 Å². The standard InChI is InChI=1S/C75H52O/c1-74(2)64-28-12-8-22-55(64)56-40-36-50(45-69(56)74)61(47-18-4-3-5-19-47)42-46-34-38-53-51-21-7-6-20-48(51)35-39-54(62(53)43-46)58-27-17-32-68-73(58)60-25-10-14-30-66(60)75(68)65-29-13-9-24-59(65)72-52(26-16-31-67(72)75)49-37-41-71-63(44-49)57-23-11-15-33-70(57)76-71/h3-34,36-38,40-45,54H,35,39H2,1-2H3. The summed E-state index contributed by atoms with van der Waals surface area (Å²) >= 11 is 0. The van der Waals surface area contributed by atoms with E-state index in [1.165, 1.54) is 128 Å². The summed E-state index contributed by atoms with van der Waals surface area (Å²) in [6.45, 7) is 4.76. The second kappa shape index (κ2) is 16.2. The molecule has 0 amide bonds. The third-order valence-electron chi connectivity index (χ3n) is 18.0. The summed E-state index contributed by atoms with van der Waals surface area (Å²) in [6, 6.07) is 91.7. The molecular formula is C75H52O. The molecule has 1 aromatic heterocycles. The van der Waals surface area contributed by atoms with Crippen molar-refractivity contribution < 1.29 is 4.42 Å². The van der Waals surface area contributed by atoms with E-state index in [1.807, 2.05) is 0 Å². The lowest BCUT2D eigenvalue weighted by Gasteiger charge is -2.31. The van der Waals surface area contributed by atoms with E-state index in [0.29, 0.717) is 0 Å². The van der Waals surface area contributed by atoms with Gasteiger partial charge in [0.05, 0.1) is 5.41 Å². The number of hydrogen-bond acceptors (Lipinski definition) is 1. The molecule has 358 valence electrons. The molecule has 16 rings (SSSR count). The van der Waals surface area contributed by atoms with Crippen molar-refractivity contribution in [2.45, 2.75) is 43.4 Å². The minimum absolute atomic E-state index is 0.0994. The second-order valence-corrected chi connectivity index (χ2v) is 22.1. The minimum atomic E-state index is -0.506. The van der Waals surface area contributed by atoms with E-state index in [4.69, 9.17) is 4.42 Å². The maximum Gasteiger partial charge on any atom is 0.135 e. The number of para-hydroxylation sites is 1. The number of fused-ring (bicyclic) bond motifs is 19. The first-order valence-corrected chi connectivity index (χ1v) is 27.1. The van der Waals surface area contributed by atoms with Crippen LogP contribution in [0.3, 0.4) is 0 Å². The molecule has 2 unspecified atom stereocenters. The SMILES string of the molecule is CC1(C)c2ccccc2-c2ccc(C(=Cc3ccc4c(c3)C(c3cccc5c3-c3ccccc3C53c5ccccc5-c5c(-c6ccc7oc8ccccc8c7c6)cccc53)CCc3ccccc3-4)c3ccccc3)cc21. The van der Waals surface area contributed by atoms with Gasteiger partial charge in [0.25, 0.3) is 0 Å². The molecule has 12 aromatic rings. The van der Waals surface area contributed by atoms with E-state index in [1.54, 1.807) is 0 Å². The monoisotopic (exact) mass is 968 g/mol. The van der Waals surface area contributed by atoms with Crippen molar-refractivity contribution in [3.63, 3.8) is 0 Å². The van der Waals surface area contributed by atoms with Crippen LogP contribution in [0.15, 0.2) is 247 Å². The van der Waals surface area contributed by atoms with Crippen LogP contribution in [0.5, 0.6) is 0 Å². The average molecular weight is 969 g/mol. The lowest BCUT2D eigenvalue weighted by Crippen LogP contribution is -2.26. The number of benzene rings is 11. The summed E-state index contributed by atoms with van der Waals surface area (Å²) in [5, 5.41) is 2.29. The Morgan fingerprint density at radius 2 is 1.03 bits per heavy atom. The Morgan fingerprint density at radius 3 is 1.86 bits per heavy atom. The van der Waals surface area contributed by atoms with E-state index in [9.17, 15) is 0 Å². The van der Waals surface area contributed by atoms with Crippen LogP contribution in [-0.2, 0) is 17.3 Å². The van der Waals surface area contributed by atoms with E-state index < -0.39 is 5.41 Å². The molecule has 0 saturated heterocycles. The molecule has 1 nitrogen and oxygen atoms in total. The molecule has 0 radical (unpaired) electrons. The molecule has 0 bridgehead atoms. The van der Waals surface area contributed by atoms with Crippen molar-refractivity contribution in [1.82, 2.24) is 0 Å². The van der Waals surface area contributed by atoms with Crippen LogP contribution in [0, 0.1) is 0 Å².